The Kier molecular flexibility index (Phi) is 7.93. The van der Waals surface area contributed by atoms with E-state index in [0.29, 0.717) is 0 Å². The number of allylic oxidation sites excluding steroid dienone is 1. The highest BCUT2D eigenvalue weighted by atomic mass is 14.2. The summed E-state index contributed by atoms with van der Waals surface area (Å²) in [7, 11) is 0. The molecule has 0 N–H and O–H groups in total. The van der Waals surface area contributed by atoms with Crippen LogP contribution in [0.4, 0.5) is 0 Å². The maximum absolute atomic E-state index is 4.14. The van der Waals surface area contributed by atoms with E-state index in [-0.39, 0.29) is 0 Å². The van der Waals surface area contributed by atoms with Crippen LogP contribution in [-0.2, 0) is 0 Å². The molecule has 0 saturated heterocycles. The average molecular weight is 196 g/mol. The normalized spacial score (nSPS) is 15.1. The van der Waals surface area contributed by atoms with Gasteiger partial charge in [0.25, 0.3) is 0 Å². The van der Waals surface area contributed by atoms with Crippen LogP contribution in [0, 0.1) is 11.8 Å². The summed E-state index contributed by atoms with van der Waals surface area (Å²) in [5.41, 5.74) is 1.45. The van der Waals surface area contributed by atoms with Gasteiger partial charge in [-0.25, -0.2) is 0 Å². The Bertz CT molecular complexity index is 146. The van der Waals surface area contributed by atoms with E-state index < -0.39 is 0 Å². The van der Waals surface area contributed by atoms with Crippen molar-refractivity contribution in [2.45, 2.75) is 66.2 Å². The van der Waals surface area contributed by atoms with Crippen LogP contribution >= 0.6 is 0 Å². The van der Waals surface area contributed by atoms with Crippen LogP contribution in [0.5, 0.6) is 0 Å². The maximum atomic E-state index is 4.14. The highest BCUT2D eigenvalue weighted by molar-refractivity contribution is 4.93. The lowest BCUT2D eigenvalue weighted by molar-refractivity contribution is 0.317. The third-order valence-electron chi connectivity index (χ3n) is 3.45. The number of hydrogen-bond acceptors (Lipinski definition) is 0. The second-order valence-electron chi connectivity index (χ2n) is 4.59. The molecule has 0 aromatic carbocycles. The first-order chi connectivity index (χ1) is 6.65. The van der Waals surface area contributed by atoms with Crippen LogP contribution in [0.1, 0.15) is 66.2 Å². The van der Waals surface area contributed by atoms with Gasteiger partial charge in [0.2, 0.25) is 0 Å². The molecule has 0 bridgehead atoms. The molecule has 0 rings (SSSR count). The summed E-state index contributed by atoms with van der Waals surface area (Å²) in [6.45, 7) is 13.4. The molecule has 0 fully saturated rings. The summed E-state index contributed by atoms with van der Waals surface area (Å²) in [4.78, 5) is 0. The van der Waals surface area contributed by atoms with Crippen molar-refractivity contribution >= 4 is 0 Å². The van der Waals surface area contributed by atoms with Crippen molar-refractivity contribution < 1.29 is 0 Å². The predicted octanol–water partition coefficient (Wildman–Crippen LogP) is 5.20. The lowest BCUT2D eigenvalue weighted by atomic mass is 9.84. The minimum Gasteiger partial charge on any atom is -0.0999 e. The average Bonchev–Trinajstić information content (AvgIpc) is 2.18. The molecule has 0 heterocycles. The predicted molar refractivity (Wildman–Crippen MR) is 66.5 cm³/mol. The van der Waals surface area contributed by atoms with E-state index in [1.807, 2.05) is 0 Å². The molecule has 0 amide bonds. The molecule has 0 aliphatic rings. The van der Waals surface area contributed by atoms with E-state index >= 15 is 0 Å². The summed E-state index contributed by atoms with van der Waals surface area (Å²) in [5, 5.41) is 0. The first-order valence-electron chi connectivity index (χ1n) is 6.32. The molecule has 0 aliphatic heterocycles. The topological polar surface area (TPSA) is 0 Å². The summed E-state index contributed by atoms with van der Waals surface area (Å²) < 4.78 is 0. The third-order valence-corrected chi connectivity index (χ3v) is 3.45. The molecule has 84 valence electrons. The van der Waals surface area contributed by atoms with Gasteiger partial charge in [-0.1, -0.05) is 59.1 Å². The summed E-state index contributed by atoms with van der Waals surface area (Å²) in [6, 6.07) is 0. The smallest absolute Gasteiger partial charge is 0.0320 e. The third kappa shape index (κ3) is 5.47. The second-order valence-corrected chi connectivity index (χ2v) is 4.59. The molecule has 2 atom stereocenters. The molecule has 0 aromatic rings. The molecule has 0 radical (unpaired) electrons. The molecular weight excluding hydrogens is 168 g/mol. The van der Waals surface area contributed by atoms with E-state index in [0.717, 1.165) is 11.8 Å². The Morgan fingerprint density at radius 1 is 1.07 bits per heavy atom. The van der Waals surface area contributed by atoms with Crippen LogP contribution < -0.4 is 0 Å². The molecule has 0 aliphatic carbocycles. The van der Waals surface area contributed by atoms with Gasteiger partial charge in [-0.3, -0.25) is 0 Å². The lowest BCUT2D eigenvalue weighted by Crippen LogP contribution is -2.10. The Hall–Kier alpha value is -0.260. The summed E-state index contributed by atoms with van der Waals surface area (Å²) in [5.74, 6) is 1.79. The Balaban J connectivity index is 3.77. The van der Waals surface area contributed by atoms with Crippen LogP contribution in [0.15, 0.2) is 12.2 Å². The minimum atomic E-state index is 0.884. The SMILES string of the molecule is C=C(CCC)CCC(CC)C(C)CC. The Morgan fingerprint density at radius 2 is 1.71 bits per heavy atom. The van der Waals surface area contributed by atoms with Crippen molar-refractivity contribution in [3.05, 3.63) is 12.2 Å². The fourth-order valence-corrected chi connectivity index (χ4v) is 2.09. The van der Waals surface area contributed by atoms with Crippen molar-refractivity contribution in [2.75, 3.05) is 0 Å². The lowest BCUT2D eigenvalue weighted by Gasteiger charge is -2.21. The van der Waals surface area contributed by atoms with Crippen LogP contribution in [0.25, 0.3) is 0 Å². The molecule has 0 heteroatoms. The Labute approximate surface area is 90.8 Å². The first kappa shape index (κ1) is 13.7. The van der Waals surface area contributed by atoms with Gasteiger partial charge in [-0.2, -0.15) is 0 Å². The van der Waals surface area contributed by atoms with Crippen molar-refractivity contribution in [3.8, 4) is 0 Å². The monoisotopic (exact) mass is 196 g/mol. The van der Waals surface area contributed by atoms with Crippen molar-refractivity contribution in [1.29, 1.82) is 0 Å². The zero-order chi connectivity index (χ0) is 11.0. The van der Waals surface area contributed by atoms with Crippen LogP contribution in [0.3, 0.4) is 0 Å². The van der Waals surface area contributed by atoms with Crippen molar-refractivity contribution in [1.82, 2.24) is 0 Å². The molecular formula is C14H28. The Morgan fingerprint density at radius 3 is 2.14 bits per heavy atom. The highest BCUT2D eigenvalue weighted by Gasteiger charge is 2.13. The fourth-order valence-electron chi connectivity index (χ4n) is 2.09. The number of rotatable bonds is 8. The van der Waals surface area contributed by atoms with E-state index in [4.69, 9.17) is 0 Å². The van der Waals surface area contributed by atoms with Gasteiger partial charge < -0.3 is 0 Å². The van der Waals surface area contributed by atoms with Gasteiger partial charge in [0, 0.05) is 0 Å². The molecule has 0 saturated carbocycles. The van der Waals surface area contributed by atoms with Gasteiger partial charge >= 0.3 is 0 Å². The van der Waals surface area contributed by atoms with Gasteiger partial charge in [0.05, 0.1) is 0 Å². The van der Waals surface area contributed by atoms with Crippen molar-refractivity contribution in [3.63, 3.8) is 0 Å². The maximum Gasteiger partial charge on any atom is -0.0320 e. The van der Waals surface area contributed by atoms with Crippen LogP contribution in [-0.4, -0.2) is 0 Å². The molecule has 14 heavy (non-hydrogen) atoms. The zero-order valence-electron chi connectivity index (χ0n) is 10.6. The molecule has 2 unspecified atom stereocenters. The minimum absolute atomic E-state index is 0.884. The van der Waals surface area contributed by atoms with Gasteiger partial charge in [-0.15, -0.1) is 0 Å². The van der Waals surface area contributed by atoms with Crippen molar-refractivity contribution in [2.24, 2.45) is 11.8 Å². The quantitative estimate of drug-likeness (QED) is 0.468. The standard InChI is InChI=1S/C14H28/c1-6-9-12(4)10-11-14(8-3)13(5)7-2/h13-14H,4,6-11H2,1-3,5H3. The van der Waals surface area contributed by atoms with E-state index in [1.165, 1.54) is 44.1 Å². The first-order valence-corrected chi connectivity index (χ1v) is 6.32. The summed E-state index contributed by atoms with van der Waals surface area (Å²) in [6.07, 6.45) is 7.71. The highest BCUT2D eigenvalue weighted by Crippen LogP contribution is 2.25. The second kappa shape index (κ2) is 8.08. The van der Waals surface area contributed by atoms with Crippen LogP contribution in [0.2, 0.25) is 0 Å². The van der Waals surface area contributed by atoms with Gasteiger partial charge in [0.15, 0.2) is 0 Å². The molecule has 0 spiro atoms. The largest absolute Gasteiger partial charge is 0.0999 e. The molecule has 0 nitrogen and oxygen atoms in total. The summed E-state index contributed by atoms with van der Waals surface area (Å²) >= 11 is 0. The van der Waals surface area contributed by atoms with E-state index in [2.05, 4.69) is 34.3 Å². The molecule has 0 aromatic heterocycles. The van der Waals surface area contributed by atoms with Gasteiger partial charge in [-0.05, 0) is 31.1 Å². The van der Waals surface area contributed by atoms with Gasteiger partial charge in [0.1, 0.15) is 0 Å². The number of hydrogen-bond donors (Lipinski definition) is 0. The zero-order valence-corrected chi connectivity index (χ0v) is 10.6. The van der Waals surface area contributed by atoms with E-state index in [1.54, 1.807) is 0 Å². The fraction of sp³-hybridized carbons (Fsp3) is 0.857. The van der Waals surface area contributed by atoms with E-state index in [9.17, 15) is 0 Å².